The van der Waals surface area contributed by atoms with Crippen molar-refractivity contribution in [2.75, 3.05) is 18.5 Å². The van der Waals surface area contributed by atoms with Gasteiger partial charge in [0, 0.05) is 18.2 Å². The molecule has 1 aromatic carbocycles. The molecule has 33 heavy (non-hydrogen) atoms. The van der Waals surface area contributed by atoms with Crippen LogP contribution >= 0.6 is 0 Å². The SMILES string of the molecule is CCOC(=O)[C@@](NC(C)=O)(Nc1cc([C@@](O)(C(=O)OCC)C(F)(F)F)ccc1C)C(F)(F)F. The van der Waals surface area contributed by atoms with Crippen LogP contribution in [0.25, 0.3) is 0 Å². The fourth-order valence-electron chi connectivity index (χ4n) is 2.71. The van der Waals surface area contributed by atoms with E-state index in [1.165, 1.54) is 26.1 Å². The first-order chi connectivity index (χ1) is 15.0. The third-order valence-electron chi connectivity index (χ3n) is 4.33. The number of anilines is 1. The molecule has 0 fully saturated rings. The van der Waals surface area contributed by atoms with E-state index in [9.17, 15) is 45.8 Å². The van der Waals surface area contributed by atoms with Gasteiger partial charge < -0.3 is 25.2 Å². The van der Waals surface area contributed by atoms with Crippen LogP contribution in [0.3, 0.4) is 0 Å². The summed E-state index contributed by atoms with van der Waals surface area (Å²) in [5.74, 6) is -5.42. The number of hydrogen-bond donors (Lipinski definition) is 3. The molecule has 0 aliphatic rings. The van der Waals surface area contributed by atoms with Gasteiger partial charge in [-0.05, 0) is 32.4 Å². The summed E-state index contributed by atoms with van der Waals surface area (Å²) in [5, 5.41) is 13.3. The molecule has 14 heteroatoms. The first kappa shape index (κ1) is 28.0. The van der Waals surface area contributed by atoms with Crippen LogP contribution in [0, 0.1) is 6.92 Å². The van der Waals surface area contributed by atoms with Crippen LogP contribution in [0.4, 0.5) is 32.0 Å². The minimum absolute atomic E-state index is 0.129. The summed E-state index contributed by atoms with van der Waals surface area (Å²) in [6.07, 6.45) is -11.2. The van der Waals surface area contributed by atoms with Crippen molar-refractivity contribution in [3.63, 3.8) is 0 Å². The smallest absolute Gasteiger partial charge is 0.441 e. The van der Waals surface area contributed by atoms with E-state index in [4.69, 9.17) is 0 Å². The number of aliphatic hydroxyl groups is 1. The molecule has 8 nitrogen and oxygen atoms in total. The molecular formula is C19H22F6N2O6. The highest BCUT2D eigenvalue weighted by Crippen LogP contribution is 2.42. The molecular weight excluding hydrogens is 466 g/mol. The molecule has 3 N–H and O–H groups in total. The van der Waals surface area contributed by atoms with Crippen molar-refractivity contribution in [1.82, 2.24) is 5.32 Å². The van der Waals surface area contributed by atoms with Crippen LogP contribution in [0.1, 0.15) is 31.9 Å². The number of halogens is 6. The van der Waals surface area contributed by atoms with E-state index < -0.39 is 65.9 Å². The maximum absolute atomic E-state index is 14.0. The summed E-state index contributed by atoms with van der Waals surface area (Å²) in [4.78, 5) is 35.7. The second kappa shape index (κ2) is 9.85. The van der Waals surface area contributed by atoms with Crippen molar-refractivity contribution in [3.8, 4) is 0 Å². The highest BCUT2D eigenvalue weighted by atomic mass is 19.4. The Kier molecular flexibility index (Phi) is 8.36. The van der Waals surface area contributed by atoms with Gasteiger partial charge in [-0.25, -0.2) is 9.59 Å². The number of esters is 2. The van der Waals surface area contributed by atoms with Crippen molar-refractivity contribution in [2.45, 2.75) is 51.3 Å². The Labute approximate surface area is 184 Å². The normalized spacial score (nSPS) is 15.6. The predicted molar refractivity (Wildman–Crippen MR) is 101 cm³/mol. The van der Waals surface area contributed by atoms with E-state index in [-0.39, 0.29) is 5.56 Å². The van der Waals surface area contributed by atoms with E-state index in [1.54, 1.807) is 5.32 Å². The Morgan fingerprint density at radius 2 is 1.45 bits per heavy atom. The summed E-state index contributed by atoms with van der Waals surface area (Å²) in [6.45, 7) is 3.17. The Balaban J connectivity index is 3.78. The van der Waals surface area contributed by atoms with Crippen molar-refractivity contribution in [1.29, 1.82) is 0 Å². The van der Waals surface area contributed by atoms with Crippen molar-refractivity contribution in [2.24, 2.45) is 0 Å². The lowest BCUT2D eigenvalue weighted by Gasteiger charge is -2.36. The van der Waals surface area contributed by atoms with Crippen LogP contribution in [-0.4, -0.2) is 54.2 Å². The summed E-state index contributed by atoms with van der Waals surface area (Å²) >= 11 is 0. The van der Waals surface area contributed by atoms with Gasteiger partial charge in [0.15, 0.2) is 0 Å². The maximum atomic E-state index is 14.0. The highest BCUT2D eigenvalue weighted by Gasteiger charge is 2.64. The average Bonchev–Trinajstić information content (AvgIpc) is 2.66. The van der Waals surface area contributed by atoms with Crippen molar-refractivity contribution < 1.29 is 55.3 Å². The van der Waals surface area contributed by atoms with Gasteiger partial charge in [0.05, 0.1) is 13.2 Å². The number of nitrogens with one attached hydrogen (secondary N) is 2. The minimum atomic E-state index is -5.62. The molecule has 0 aliphatic carbocycles. The van der Waals surface area contributed by atoms with Crippen LogP contribution in [-0.2, 0) is 29.5 Å². The molecule has 0 heterocycles. The molecule has 0 aromatic heterocycles. The Morgan fingerprint density at radius 1 is 0.939 bits per heavy atom. The summed E-state index contributed by atoms with van der Waals surface area (Å²) in [6, 6.07) is 1.91. The van der Waals surface area contributed by atoms with E-state index >= 15 is 0 Å². The highest BCUT2D eigenvalue weighted by molar-refractivity contribution is 5.91. The fraction of sp³-hybridized carbons (Fsp3) is 0.526. The number of benzene rings is 1. The zero-order valence-corrected chi connectivity index (χ0v) is 17.9. The van der Waals surface area contributed by atoms with Gasteiger partial charge in [-0.2, -0.15) is 26.3 Å². The zero-order chi connectivity index (χ0) is 25.8. The van der Waals surface area contributed by atoms with Crippen molar-refractivity contribution >= 4 is 23.5 Å². The van der Waals surface area contributed by atoms with Crippen LogP contribution in [0.2, 0.25) is 0 Å². The molecule has 1 rings (SSSR count). The van der Waals surface area contributed by atoms with Crippen LogP contribution in [0.15, 0.2) is 18.2 Å². The molecule has 186 valence electrons. The van der Waals surface area contributed by atoms with E-state index in [0.717, 1.165) is 6.07 Å². The van der Waals surface area contributed by atoms with E-state index in [0.29, 0.717) is 19.1 Å². The Hall–Kier alpha value is -3.03. The molecule has 0 aliphatic heterocycles. The van der Waals surface area contributed by atoms with Gasteiger partial charge in [0.2, 0.25) is 5.91 Å². The minimum Gasteiger partial charge on any atom is -0.463 e. The number of amides is 1. The molecule has 0 spiro atoms. The lowest BCUT2D eigenvalue weighted by molar-refractivity contribution is -0.267. The first-order valence-corrected chi connectivity index (χ1v) is 9.36. The molecule has 1 amide bonds. The molecule has 0 saturated heterocycles. The van der Waals surface area contributed by atoms with E-state index in [2.05, 4.69) is 9.47 Å². The lowest BCUT2D eigenvalue weighted by Crippen LogP contribution is -2.69. The third kappa shape index (κ3) is 5.49. The molecule has 0 bridgehead atoms. The number of rotatable bonds is 8. The zero-order valence-electron chi connectivity index (χ0n) is 17.9. The standard InChI is InChI=1S/C19H22F6N2O6/c1-5-32-14(29)16(31,18(20,21)22)12-8-7-10(3)13(9-12)27-17(19(23,24)25,26-11(4)28)15(30)33-6-2/h7-9,27,31H,5-6H2,1-4H3,(H,26,28)/t16-,17-/m1/s1. The number of ether oxygens (including phenoxy) is 2. The van der Waals surface area contributed by atoms with E-state index in [1.807, 2.05) is 0 Å². The molecule has 0 radical (unpaired) electrons. The summed E-state index contributed by atoms with van der Waals surface area (Å²) in [5.41, 5.74) is -10.2. The first-order valence-electron chi connectivity index (χ1n) is 9.36. The number of aryl methyl sites for hydroxylation is 1. The lowest BCUT2D eigenvalue weighted by atomic mass is 9.91. The molecule has 2 atom stereocenters. The number of alkyl halides is 6. The average molecular weight is 488 g/mol. The third-order valence-corrected chi connectivity index (χ3v) is 4.33. The molecule has 1 aromatic rings. The quantitative estimate of drug-likeness (QED) is 0.293. The van der Waals surface area contributed by atoms with Gasteiger partial charge >= 0.3 is 30.0 Å². The van der Waals surface area contributed by atoms with Crippen LogP contribution < -0.4 is 10.6 Å². The largest absolute Gasteiger partial charge is 0.463 e. The number of carbonyl (C=O) groups excluding carboxylic acids is 3. The number of carbonyl (C=O) groups is 3. The monoisotopic (exact) mass is 488 g/mol. The van der Waals surface area contributed by atoms with Gasteiger partial charge in [0.25, 0.3) is 5.60 Å². The topological polar surface area (TPSA) is 114 Å². The Bertz CT molecular complexity index is 904. The maximum Gasteiger partial charge on any atom is 0.441 e. The second-order valence-electron chi connectivity index (χ2n) is 6.73. The van der Waals surface area contributed by atoms with Gasteiger partial charge in [-0.1, -0.05) is 12.1 Å². The predicted octanol–water partition coefficient (Wildman–Crippen LogP) is 2.68. The van der Waals surface area contributed by atoms with Gasteiger partial charge in [0.1, 0.15) is 0 Å². The molecule has 0 unspecified atom stereocenters. The summed E-state index contributed by atoms with van der Waals surface area (Å²) in [7, 11) is 0. The second-order valence-corrected chi connectivity index (χ2v) is 6.73. The number of hydrogen-bond acceptors (Lipinski definition) is 7. The van der Waals surface area contributed by atoms with Crippen LogP contribution in [0.5, 0.6) is 0 Å². The summed E-state index contributed by atoms with van der Waals surface area (Å²) < 4.78 is 91.6. The fourth-order valence-corrected chi connectivity index (χ4v) is 2.71. The van der Waals surface area contributed by atoms with Gasteiger partial charge in [-0.15, -0.1) is 0 Å². The van der Waals surface area contributed by atoms with Gasteiger partial charge in [-0.3, -0.25) is 4.79 Å². The Morgan fingerprint density at radius 3 is 1.88 bits per heavy atom. The molecule has 0 saturated carbocycles. The van der Waals surface area contributed by atoms with Crippen molar-refractivity contribution in [3.05, 3.63) is 29.3 Å².